The molecule has 0 N–H and O–H groups in total. The Bertz CT molecular complexity index is 1170. The average molecular weight is 373 g/mol. The van der Waals surface area contributed by atoms with Crippen molar-refractivity contribution in [3.8, 4) is 22.4 Å². The largest absolute Gasteiger partial charge is 0.306 e. The summed E-state index contributed by atoms with van der Waals surface area (Å²) in [6, 6.07) is 18.0. The summed E-state index contributed by atoms with van der Waals surface area (Å²) < 4.78 is 2.03. The van der Waals surface area contributed by atoms with Crippen LogP contribution in [0.25, 0.3) is 28.0 Å². The summed E-state index contributed by atoms with van der Waals surface area (Å²) in [6.07, 6.45) is 6.69. The summed E-state index contributed by atoms with van der Waals surface area (Å²) in [7, 11) is 0. The molecule has 5 rings (SSSR count). The minimum Gasteiger partial charge on any atom is -0.306 e. The van der Waals surface area contributed by atoms with E-state index < -0.39 is 0 Å². The molecule has 1 aliphatic rings. The normalized spacial score (nSPS) is 13.7. The van der Waals surface area contributed by atoms with Gasteiger partial charge >= 0.3 is 0 Å². The molecule has 3 nitrogen and oxygen atoms in total. The van der Waals surface area contributed by atoms with Crippen molar-refractivity contribution in [2.45, 2.75) is 19.3 Å². The number of aromatic nitrogens is 2. The number of nitrogens with zero attached hydrogens (tertiary/aromatic N) is 2. The third-order valence-electron chi connectivity index (χ3n) is 5.18. The summed E-state index contributed by atoms with van der Waals surface area (Å²) >= 11 is 5.98. The number of carbonyl (C=O) groups excluding carboxylic acids is 1. The van der Waals surface area contributed by atoms with Crippen LogP contribution in [0.3, 0.4) is 0 Å². The van der Waals surface area contributed by atoms with Crippen molar-refractivity contribution in [3.63, 3.8) is 0 Å². The van der Waals surface area contributed by atoms with E-state index in [0.29, 0.717) is 11.4 Å². The van der Waals surface area contributed by atoms with E-state index in [1.165, 1.54) is 5.56 Å². The first-order valence-corrected chi connectivity index (χ1v) is 9.46. The Hall–Kier alpha value is -2.91. The van der Waals surface area contributed by atoms with E-state index in [4.69, 9.17) is 16.6 Å². The van der Waals surface area contributed by atoms with E-state index in [2.05, 4.69) is 24.4 Å². The Labute approximate surface area is 162 Å². The maximum absolute atomic E-state index is 12.2. The number of fused-ring (bicyclic) bond motifs is 2. The quantitative estimate of drug-likeness (QED) is 0.443. The molecular weight excluding hydrogens is 356 g/mol. The van der Waals surface area contributed by atoms with Crippen LogP contribution in [0.2, 0.25) is 5.02 Å². The first-order valence-electron chi connectivity index (χ1n) is 9.08. The molecule has 0 aliphatic heterocycles. The van der Waals surface area contributed by atoms with Crippen LogP contribution < -0.4 is 0 Å². The molecule has 0 unspecified atom stereocenters. The lowest BCUT2D eigenvalue weighted by Gasteiger charge is -2.15. The maximum atomic E-state index is 12.2. The van der Waals surface area contributed by atoms with E-state index >= 15 is 0 Å². The molecule has 0 amide bonds. The van der Waals surface area contributed by atoms with E-state index in [1.54, 1.807) is 0 Å². The van der Waals surface area contributed by atoms with Gasteiger partial charge in [-0.25, -0.2) is 4.98 Å². The highest BCUT2D eigenvalue weighted by Crippen LogP contribution is 2.28. The topological polar surface area (TPSA) is 34.4 Å². The molecule has 0 bridgehead atoms. The minimum atomic E-state index is 0.256. The lowest BCUT2D eigenvalue weighted by Crippen LogP contribution is -2.10. The van der Waals surface area contributed by atoms with Crippen molar-refractivity contribution in [3.05, 3.63) is 83.1 Å². The van der Waals surface area contributed by atoms with E-state index in [-0.39, 0.29) is 5.78 Å². The van der Waals surface area contributed by atoms with E-state index in [0.717, 1.165) is 46.4 Å². The predicted octanol–water partition coefficient (Wildman–Crippen LogP) is 5.84. The third-order valence-corrected chi connectivity index (χ3v) is 5.44. The van der Waals surface area contributed by atoms with Crippen LogP contribution in [0.1, 0.15) is 28.8 Å². The molecule has 2 aromatic heterocycles. The van der Waals surface area contributed by atoms with Crippen molar-refractivity contribution >= 4 is 23.0 Å². The zero-order valence-corrected chi connectivity index (χ0v) is 15.4. The fourth-order valence-electron chi connectivity index (χ4n) is 3.73. The lowest BCUT2D eigenvalue weighted by molar-refractivity contribution is 0.0972. The average Bonchev–Trinajstić information content (AvgIpc) is 3.12. The summed E-state index contributed by atoms with van der Waals surface area (Å²) in [5, 5.41) is 0.715. The van der Waals surface area contributed by atoms with Crippen LogP contribution in [0.15, 0.2) is 67.0 Å². The second-order valence-electron chi connectivity index (χ2n) is 6.96. The number of halogens is 1. The molecule has 0 atom stereocenters. The lowest BCUT2D eigenvalue weighted by atomic mass is 9.88. The van der Waals surface area contributed by atoms with Gasteiger partial charge in [0.25, 0.3) is 0 Å². The van der Waals surface area contributed by atoms with E-state index in [9.17, 15) is 4.79 Å². The maximum Gasteiger partial charge on any atom is 0.163 e. The molecule has 2 heterocycles. The van der Waals surface area contributed by atoms with Gasteiger partial charge in [-0.05, 0) is 59.9 Å². The zero-order chi connectivity index (χ0) is 18.4. The van der Waals surface area contributed by atoms with E-state index in [1.807, 2.05) is 47.0 Å². The van der Waals surface area contributed by atoms with Crippen LogP contribution in [0.5, 0.6) is 0 Å². The van der Waals surface area contributed by atoms with Gasteiger partial charge in [0.05, 0.1) is 5.69 Å². The summed E-state index contributed by atoms with van der Waals surface area (Å²) in [5.41, 5.74) is 7.01. The minimum absolute atomic E-state index is 0.256. The Kier molecular flexibility index (Phi) is 3.83. The van der Waals surface area contributed by atoms with Gasteiger partial charge in [-0.1, -0.05) is 35.9 Å². The summed E-state index contributed by atoms with van der Waals surface area (Å²) in [5.74, 6) is 0.256. The zero-order valence-electron chi connectivity index (χ0n) is 14.7. The van der Waals surface area contributed by atoms with Gasteiger partial charge in [0.2, 0.25) is 0 Å². The second-order valence-corrected chi connectivity index (χ2v) is 7.40. The van der Waals surface area contributed by atoms with Gasteiger partial charge in [0.1, 0.15) is 5.65 Å². The van der Waals surface area contributed by atoms with Gasteiger partial charge in [-0.2, -0.15) is 0 Å². The van der Waals surface area contributed by atoms with Gasteiger partial charge in [-0.3, -0.25) is 4.79 Å². The first-order chi connectivity index (χ1) is 13.2. The van der Waals surface area contributed by atoms with Gasteiger partial charge in [-0.15, -0.1) is 0 Å². The first kappa shape index (κ1) is 16.3. The molecular formula is C23H17ClN2O. The van der Waals surface area contributed by atoms with Crippen LogP contribution >= 0.6 is 11.6 Å². The number of hydrogen-bond donors (Lipinski definition) is 0. The standard InChI is InChI=1S/C23H17ClN2O/c24-19-9-6-16(7-10-19)21-14-26-13-18(8-11-23(26)25-21)17-5-4-15-2-1-3-22(27)20(15)12-17/h4-14H,1-3H2. The van der Waals surface area contributed by atoms with Crippen molar-refractivity contribution in [2.75, 3.05) is 0 Å². The highest BCUT2D eigenvalue weighted by atomic mass is 35.5. The van der Waals surface area contributed by atoms with Crippen molar-refractivity contribution < 1.29 is 4.79 Å². The number of carbonyl (C=O) groups is 1. The molecule has 4 aromatic rings. The number of hydrogen-bond acceptors (Lipinski definition) is 2. The van der Waals surface area contributed by atoms with Crippen LogP contribution in [-0.4, -0.2) is 15.2 Å². The Balaban J connectivity index is 1.56. The molecule has 0 saturated heterocycles. The highest BCUT2D eigenvalue weighted by Gasteiger charge is 2.17. The Morgan fingerprint density at radius 2 is 1.63 bits per heavy atom. The third kappa shape index (κ3) is 2.94. The molecule has 0 saturated carbocycles. The number of aryl methyl sites for hydroxylation is 1. The SMILES string of the molecule is O=C1CCCc2ccc(-c3ccc4nc(-c5ccc(Cl)cc5)cn4c3)cc21. The molecule has 1 aliphatic carbocycles. The van der Waals surface area contributed by atoms with Crippen molar-refractivity contribution in [1.29, 1.82) is 0 Å². The fourth-order valence-corrected chi connectivity index (χ4v) is 3.86. The summed E-state index contributed by atoms with van der Waals surface area (Å²) in [6.45, 7) is 0. The molecule has 27 heavy (non-hydrogen) atoms. The number of pyridine rings is 1. The Morgan fingerprint density at radius 1 is 0.852 bits per heavy atom. The Morgan fingerprint density at radius 3 is 2.48 bits per heavy atom. The number of Topliss-reactive ketones (excluding diaryl/α,β-unsaturated/α-hetero) is 1. The molecule has 0 fully saturated rings. The number of ketones is 1. The number of imidazole rings is 1. The van der Waals surface area contributed by atoms with Crippen LogP contribution in [0.4, 0.5) is 0 Å². The van der Waals surface area contributed by atoms with Gasteiger partial charge in [0, 0.05) is 35.0 Å². The smallest absolute Gasteiger partial charge is 0.163 e. The van der Waals surface area contributed by atoms with Gasteiger partial charge in [0.15, 0.2) is 5.78 Å². The monoisotopic (exact) mass is 372 g/mol. The molecule has 132 valence electrons. The van der Waals surface area contributed by atoms with Gasteiger partial charge < -0.3 is 4.40 Å². The molecule has 4 heteroatoms. The highest BCUT2D eigenvalue weighted by molar-refractivity contribution is 6.30. The van der Waals surface area contributed by atoms with Crippen LogP contribution in [0, 0.1) is 0 Å². The van der Waals surface area contributed by atoms with Crippen LogP contribution in [-0.2, 0) is 6.42 Å². The molecule has 0 radical (unpaired) electrons. The van der Waals surface area contributed by atoms with Crippen molar-refractivity contribution in [2.24, 2.45) is 0 Å². The number of rotatable bonds is 2. The predicted molar refractivity (Wildman–Crippen MR) is 108 cm³/mol. The summed E-state index contributed by atoms with van der Waals surface area (Å²) in [4.78, 5) is 16.9. The fraction of sp³-hybridized carbons (Fsp3) is 0.130. The molecule has 0 spiro atoms. The van der Waals surface area contributed by atoms with Crippen molar-refractivity contribution in [1.82, 2.24) is 9.38 Å². The second kappa shape index (κ2) is 6.36. The molecule has 2 aromatic carbocycles. The number of benzene rings is 2.